The number of phenols is 1. The molecule has 0 fully saturated rings. The molecule has 2 heterocycles. The number of aromatic hydroxyl groups is 1. The van der Waals surface area contributed by atoms with Gasteiger partial charge in [0.1, 0.15) is 17.1 Å². The molecule has 154 valence electrons. The number of benzene rings is 3. The minimum absolute atomic E-state index is 0.0873. The first kappa shape index (κ1) is 19.1. The third kappa shape index (κ3) is 3.19. The maximum atomic E-state index is 13.4. The second-order valence-corrected chi connectivity index (χ2v) is 8.07. The van der Waals surface area contributed by atoms with E-state index in [1.165, 1.54) is 0 Å². The topological polar surface area (TPSA) is 69.2 Å². The van der Waals surface area contributed by atoms with Crippen LogP contribution in [-0.4, -0.2) is 26.1 Å². The van der Waals surface area contributed by atoms with Crippen molar-refractivity contribution >= 4 is 5.91 Å². The Morgan fingerprint density at radius 2 is 1.68 bits per heavy atom. The number of nitrogens with zero attached hydrogens (tertiary/aromatic N) is 2. The number of aryl methyl sites for hydroxylation is 2. The fourth-order valence-corrected chi connectivity index (χ4v) is 4.57. The van der Waals surface area contributed by atoms with Gasteiger partial charge in [0.25, 0.3) is 5.91 Å². The molecule has 0 saturated carbocycles. The molecule has 5 heteroatoms. The molecule has 1 aromatic heterocycles. The van der Waals surface area contributed by atoms with Crippen molar-refractivity contribution < 1.29 is 9.90 Å². The summed E-state index contributed by atoms with van der Waals surface area (Å²) >= 11 is 0. The summed E-state index contributed by atoms with van der Waals surface area (Å²) in [4.78, 5) is 15.3. The molecule has 0 radical (unpaired) electrons. The van der Waals surface area contributed by atoms with Crippen LogP contribution in [0.15, 0.2) is 72.8 Å². The van der Waals surface area contributed by atoms with Crippen LogP contribution in [0.2, 0.25) is 0 Å². The van der Waals surface area contributed by atoms with E-state index in [1.807, 2.05) is 85.5 Å². The van der Waals surface area contributed by atoms with Crippen LogP contribution >= 0.6 is 0 Å². The number of fused-ring (bicyclic) bond motifs is 1. The van der Waals surface area contributed by atoms with Gasteiger partial charge in [-0.15, -0.1) is 0 Å². The fraction of sp³-hybridized carbons (Fsp3) is 0.154. The summed E-state index contributed by atoms with van der Waals surface area (Å²) in [6, 6.07) is 23.4. The van der Waals surface area contributed by atoms with Crippen LogP contribution in [0.1, 0.15) is 44.3 Å². The Bertz CT molecular complexity index is 1240. The molecule has 0 bridgehead atoms. The molecule has 0 saturated heterocycles. The number of aromatic amines is 1. The molecule has 5 nitrogen and oxygen atoms in total. The minimum atomic E-state index is -0.294. The van der Waals surface area contributed by atoms with E-state index in [9.17, 15) is 9.90 Å². The number of rotatable bonds is 4. The van der Waals surface area contributed by atoms with Gasteiger partial charge in [-0.3, -0.25) is 9.89 Å². The molecule has 5 rings (SSSR count). The normalized spacial score (nSPS) is 15.4. The van der Waals surface area contributed by atoms with Crippen molar-refractivity contribution in [3.63, 3.8) is 0 Å². The van der Waals surface area contributed by atoms with Gasteiger partial charge in [0.05, 0.1) is 6.04 Å². The van der Waals surface area contributed by atoms with Crippen LogP contribution in [0.5, 0.6) is 5.75 Å². The molecule has 1 atom stereocenters. The van der Waals surface area contributed by atoms with Crippen LogP contribution in [-0.2, 0) is 6.54 Å². The Balaban J connectivity index is 1.69. The number of carbonyl (C=O) groups is 1. The van der Waals surface area contributed by atoms with Gasteiger partial charge >= 0.3 is 0 Å². The first-order valence-electron chi connectivity index (χ1n) is 10.3. The van der Waals surface area contributed by atoms with Crippen LogP contribution in [0.3, 0.4) is 0 Å². The van der Waals surface area contributed by atoms with E-state index < -0.39 is 0 Å². The summed E-state index contributed by atoms with van der Waals surface area (Å²) in [5, 5.41) is 18.2. The Labute approximate surface area is 181 Å². The van der Waals surface area contributed by atoms with Crippen LogP contribution in [0, 0.1) is 13.8 Å². The second kappa shape index (κ2) is 7.43. The Morgan fingerprint density at radius 1 is 1.00 bits per heavy atom. The number of H-pyrrole nitrogens is 1. The lowest BCUT2D eigenvalue weighted by Crippen LogP contribution is -2.29. The van der Waals surface area contributed by atoms with Gasteiger partial charge in [-0.25, -0.2) is 0 Å². The van der Waals surface area contributed by atoms with Gasteiger partial charge < -0.3 is 10.0 Å². The highest BCUT2D eigenvalue weighted by Gasteiger charge is 2.42. The van der Waals surface area contributed by atoms with E-state index >= 15 is 0 Å². The smallest absolute Gasteiger partial charge is 0.273 e. The van der Waals surface area contributed by atoms with E-state index in [4.69, 9.17) is 0 Å². The van der Waals surface area contributed by atoms with Gasteiger partial charge in [0.15, 0.2) is 0 Å². The summed E-state index contributed by atoms with van der Waals surface area (Å²) in [5.41, 5.74) is 6.57. The summed E-state index contributed by atoms with van der Waals surface area (Å²) in [7, 11) is 0. The van der Waals surface area contributed by atoms with Crippen molar-refractivity contribution in [1.29, 1.82) is 0 Å². The summed E-state index contributed by atoms with van der Waals surface area (Å²) in [6.07, 6.45) is 0. The quantitative estimate of drug-likeness (QED) is 0.490. The monoisotopic (exact) mass is 409 g/mol. The van der Waals surface area contributed by atoms with Crippen molar-refractivity contribution in [2.45, 2.75) is 26.4 Å². The predicted octanol–water partition coefficient (Wildman–Crippen LogP) is 5.14. The zero-order valence-electron chi connectivity index (χ0n) is 17.5. The summed E-state index contributed by atoms with van der Waals surface area (Å²) < 4.78 is 0. The molecule has 31 heavy (non-hydrogen) atoms. The predicted molar refractivity (Wildman–Crippen MR) is 120 cm³/mol. The molecule has 1 aliphatic heterocycles. The van der Waals surface area contributed by atoms with E-state index in [0.29, 0.717) is 23.5 Å². The Kier molecular flexibility index (Phi) is 4.59. The molecular formula is C26H23N3O2. The number of aromatic nitrogens is 2. The number of phenolic OH excluding ortho intramolecular Hbond substituents is 1. The highest BCUT2D eigenvalue weighted by atomic mass is 16.3. The number of amides is 1. The van der Waals surface area contributed by atoms with Crippen LogP contribution in [0.25, 0.3) is 11.3 Å². The van der Waals surface area contributed by atoms with Crippen molar-refractivity contribution in [3.8, 4) is 17.0 Å². The third-order valence-corrected chi connectivity index (χ3v) is 5.87. The zero-order chi connectivity index (χ0) is 21.5. The van der Waals surface area contributed by atoms with Gasteiger partial charge in [-0.1, -0.05) is 66.7 Å². The zero-order valence-corrected chi connectivity index (χ0v) is 17.5. The number of nitrogens with one attached hydrogen (secondary N) is 1. The molecule has 0 aliphatic carbocycles. The fourth-order valence-electron chi connectivity index (χ4n) is 4.57. The number of hydrogen-bond acceptors (Lipinski definition) is 3. The van der Waals surface area contributed by atoms with E-state index in [1.54, 1.807) is 6.07 Å². The van der Waals surface area contributed by atoms with E-state index in [0.717, 1.165) is 27.8 Å². The van der Waals surface area contributed by atoms with Gasteiger partial charge in [0.2, 0.25) is 0 Å². The van der Waals surface area contributed by atoms with E-state index in [2.05, 4.69) is 10.2 Å². The molecule has 0 spiro atoms. The Hall–Kier alpha value is -3.86. The van der Waals surface area contributed by atoms with Crippen LogP contribution in [0.4, 0.5) is 0 Å². The maximum absolute atomic E-state index is 13.4. The molecule has 1 aliphatic rings. The first-order chi connectivity index (χ1) is 15.0. The van der Waals surface area contributed by atoms with Crippen molar-refractivity contribution in [2.24, 2.45) is 0 Å². The maximum Gasteiger partial charge on any atom is 0.273 e. The van der Waals surface area contributed by atoms with Gasteiger partial charge in [-0.05, 0) is 42.2 Å². The van der Waals surface area contributed by atoms with E-state index in [-0.39, 0.29) is 17.7 Å². The average molecular weight is 409 g/mol. The lowest BCUT2D eigenvalue weighted by atomic mass is 9.93. The number of carbonyl (C=O) groups excluding carboxylic acids is 1. The molecule has 3 aromatic carbocycles. The highest BCUT2D eigenvalue weighted by molar-refractivity contribution is 6.00. The van der Waals surface area contributed by atoms with Crippen LogP contribution < -0.4 is 0 Å². The molecule has 1 unspecified atom stereocenters. The molecular weight excluding hydrogens is 386 g/mol. The van der Waals surface area contributed by atoms with Crippen molar-refractivity contribution in [3.05, 3.63) is 106 Å². The summed E-state index contributed by atoms with van der Waals surface area (Å²) in [5.74, 6) is 0.0864. The lowest BCUT2D eigenvalue weighted by molar-refractivity contribution is 0.0730. The molecule has 4 aromatic rings. The number of hydrogen-bond donors (Lipinski definition) is 2. The van der Waals surface area contributed by atoms with Gasteiger partial charge in [-0.2, -0.15) is 5.10 Å². The summed E-state index contributed by atoms with van der Waals surface area (Å²) in [6.45, 7) is 4.39. The second-order valence-electron chi connectivity index (χ2n) is 8.07. The molecule has 2 N–H and O–H groups in total. The SMILES string of the molecule is Cc1cc(C)c(-c2n[nH]c3c2C(c2ccccc2)N(Cc2ccccc2)C3=O)c(O)c1. The average Bonchev–Trinajstić information content (AvgIpc) is 3.28. The van der Waals surface area contributed by atoms with Gasteiger partial charge in [0, 0.05) is 17.7 Å². The standard InChI is InChI=1S/C26H23N3O2/c1-16-13-17(2)21(20(30)14-16)23-22-24(28-27-23)26(31)29(15-18-9-5-3-6-10-18)25(22)19-11-7-4-8-12-19/h3-14,25,30H,15H2,1-2H3,(H,27,28). The Morgan fingerprint density at radius 3 is 2.35 bits per heavy atom. The lowest BCUT2D eigenvalue weighted by Gasteiger charge is -2.26. The minimum Gasteiger partial charge on any atom is -0.507 e. The highest BCUT2D eigenvalue weighted by Crippen LogP contribution is 2.46. The first-order valence-corrected chi connectivity index (χ1v) is 10.3. The molecule has 1 amide bonds. The van der Waals surface area contributed by atoms with Crippen molar-refractivity contribution in [1.82, 2.24) is 15.1 Å². The van der Waals surface area contributed by atoms with Crippen molar-refractivity contribution in [2.75, 3.05) is 0 Å². The third-order valence-electron chi connectivity index (χ3n) is 5.87. The largest absolute Gasteiger partial charge is 0.507 e.